The second-order valence-corrected chi connectivity index (χ2v) is 9.60. The summed E-state index contributed by atoms with van der Waals surface area (Å²) in [6.45, 7) is 5.96. The summed E-state index contributed by atoms with van der Waals surface area (Å²) in [5, 5.41) is 21.6. The van der Waals surface area contributed by atoms with Crippen molar-refractivity contribution in [2.24, 2.45) is 34.5 Å². The maximum Gasteiger partial charge on any atom is 0.184 e. The fourth-order valence-electron chi connectivity index (χ4n) is 7.44. The Balaban J connectivity index is 1.72. The van der Waals surface area contributed by atoms with Gasteiger partial charge in [0, 0.05) is 5.41 Å². The number of ketones is 1. The Hall–Kier alpha value is -0.830. The third-order valence-corrected chi connectivity index (χ3v) is 8.88. The summed E-state index contributed by atoms with van der Waals surface area (Å²) in [5.74, 6) is 1.76. The first-order chi connectivity index (χ1) is 11.2. The van der Waals surface area contributed by atoms with Crippen LogP contribution in [0.25, 0.3) is 0 Å². The highest BCUT2D eigenvalue weighted by molar-refractivity contribution is 5.89. The van der Waals surface area contributed by atoms with Crippen molar-refractivity contribution < 1.29 is 15.0 Å². The van der Waals surface area contributed by atoms with Crippen molar-refractivity contribution in [3.63, 3.8) is 0 Å². The molecule has 2 N–H and O–H groups in total. The Morgan fingerprint density at radius 1 is 1.12 bits per heavy atom. The van der Waals surface area contributed by atoms with Crippen LogP contribution in [0.2, 0.25) is 0 Å². The molecule has 134 valence electrons. The summed E-state index contributed by atoms with van der Waals surface area (Å²) in [6, 6.07) is 0. The lowest BCUT2D eigenvalue weighted by atomic mass is 9.44. The van der Waals surface area contributed by atoms with Gasteiger partial charge in [0.2, 0.25) is 0 Å². The molecule has 4 aliphatic rings. The van der Waals surface area contributed by atoms with Crippen LogP contribution in [0.5, 0.6) is 0 Å². The Labute approximate surface area is 145 Å². The molecule has 0 saturated heterocycles. The number of rotatable bonds is 1. The van der Waals surface area contributed by atoms with Crippen LogP contribution < -0.4 is 0 Å². The van der Waals surface area contributed by atoms with Crippen LogP contribution in [-0.4, -0.2) is 21.6 Å². The maximum atomic E-state index is 12.2. The first-order valence-corrected chi connectivity index (χ1v) is 9.90. The molecule has 3 fully saturated rings. The van der Waals surface area contributed by atoms with E-state index in [0.29, 0.717) is 17.3 Å². The van der Waals surface area contributed by atoms with Gasteiger partial charge in [-0.15, -0.1) is 0 Å². The first-order valence-electron chi connectivity index (χ1n) is 9.90. The summed E-state index contributed by atoms with van der Waals surface area (Å²) in [6.07, 6.45) is 11.7. The number of aliphatic hydroxyl groups is 2. The molecule has 4 rings (SSSR count). The zero-order valence-corrected chi connectivity index (χ0v) is 15.3. The Morgan fingerprint density at radius 2 is 1.88 bits per heavy atom. The number of aliphatic hydroxyl groups excluding tert-OH is 1. The minimum atomic E-state index is -1.67. The molecule has 24 heavy (non-hydrogen) atoms. The summed E-state index contributed by atoms with van der Waals surface area (Å²) in [7, 11) is 0. The normalized spacial score (nSPS) is 53.6. The van der Waals surface area contributed by atoms with Gasteiger partial charge in [-0.25, -0.2) is 0 Å². The van der Waals surface area contributed by atoms with Crippen molar-refractivity contribution in [2.45, 2.75) is 77.7 Å². The van der Waals surface area contributed by atoms with Crippen LogP contribution in [0, 0.1) is 34.5 Å². The third-order valence-electron chi connectivity index (χ3n) is 8.88. The van der Waals surface area contributed by atoms with Gasteiger partial charge in [-0.1, -0.05) is 26.7 Å². The summed E-state index contributed by atoms with van der Waals surface area (Å²) >= 11 is 0. The van der Waals surface area contributed by atoms with Crippen molar-refractivity contribution in [3.05, 3.63) is 11.8 Å². The largest absolute Gasteiger partial charge is 0.509 e. The van der Waals surface area contributed by atoms with E-state index in [9.17, 15) is 15.0 Å². The fraction of sp³-hybridized carbons (Fsp3) is 0.857. The van der Waals surface area contributed by atoms with E-state index in [1.807, 2.05) is 13.0 Å². The molecule has 0 aromatic rings. The third kappa shape index (κ3) is 1.80. The van der Waals surface area contributed by atoms with E-state index >= 15 is 0 Å². The van der Waals surface area contributed by atoms with Crippen molar-refractivity contribution in [3.8, 4) is 0 Å². The van der Waals surface area contributed by atoms with Gasteiger partial charge in [0.05, 0.1) is 0 Å². The van der Waals surface area contributed by atoms with E-state index in [-0.39, 0.29) is 17.5 Å². The lowest BCUT2D eigenvalue weighted by molar-refractivity contribution is -0.168. The van der Waals surface area contributed by atoms with E-state index in [1.54, 1.807) is 0 Å². The topological polar surface area (TPSA) is 57.5 Å². The first kappa shape index (κ1) is 16.6. The van der Waals surface area contributed by atoms with Crippen molar-refractivity contribution in [1.29, 1.82) is 0 Å². The van der Waals surface area contributed by atoms with Crippen LogP contribution in [0.4, 0.5) is 0 Å². The Kier molecular flexibility index (Phi) is 3.53. The highest BCUT2D eigenvalue weighted by atomic mass is 16.3. The molecule has 3 heteroatoms. The molecule has 0 spiro atoms. The molecular weight excluding hydrogens is 300 g/mol. The number of fused-ring (bicyclic) bond motifs is 5. The number of allylic oxidation sites excluding steroid dienone is 1. The Bertz CT molecular complexity index is 596. The SMILES string of the molecule is CC(=O)[C@@]1(O)C(O)=C[C@H]2[C@@H]3CCC4CCCC[C@]4(C)[C@H]3CC[C@@]21C. The van der Waals surface area contributed by atoms with Gasteiger partial charge < -0.3 is 10.2 Å². The van der Waals surface area contributed by atoms with Gasteiger partial charge in [-0.3, -0.25) is 4.79 Å². The highest BCUT2D eigenvalue weighted by Gasteiger charge is 2.67. The lowest BCUT2D eigenvalue weighted by Gasteiger charge is -2.60. The molecule has 3 saturated carbocycles. The zero-order chi connectivity index (χ0) is 17.3. The number of hydrogen-bond acceptors (Lipinski definition) is 3. The van der Waals surface area contributed by atoms with E-state index in [4.69, 9.17) is 0 Å². The van der Waals surface area contributed by atoms with Gasteiger partial charge in [0.15, 0.2) is 11.4 Å². The van der Waals surface area contributed by atoms with E-state index in [2.05, 4.69) is 6.92 Å². The highest BCUT2D eigenvalue weighted by Crippen LogP contribution is 2.67. The molecule has 0 amide bonds. The van der Waals surface area contributed by atoms with Crippen LogP contribution in [0.3, 0.4) is 0 Å². The van der Waals surface area contributed by atoms with E-state index in [1.165, 1.54) is 45.4 Å². The minimum Gasteiger partial charge on any atom is -0.509 e. The quantitative estimate of drug-likeness (QED) is 0.748. The molecule has 1 unspecified atom stereocenters. The summed E-state index contributed by atoms with van der Waals surface area (Å²) < 4.78 is 0. The van der Waals surface area contributed by atoms with Gasteiger partial charge >= 0.3 is 0 Å². The average Bonchev–Trinajstić information content (AvgIpc) is 2.75. The molecule has 0 aromatic heterocycles. The van der Waals surface area contributed by atoms with Crippen LogP contribution in [-0.2, 0) is 4.79 Å². The van der Waals surface area contributed by atoms with E-state index < -0.39 is 11.0 Å². The lowest BCUT2D eigenvalue weighted by Crippen LogP contribution is -2.59. The predicted octanol–water partition coefficient (Wildman–Crippen LogP) is 4.40. The monoisotopic (exact) mass is 332 g/mol. The predicted molar refractivity (Wildman–Crippen MR) is 93.5 cm³/mol. The number of hydrogen-bond donors (Lipinski definition) is 2. The zero-order valence-electron chi connectivity index (χ0n) is 15.3. The standard InChI is InChI=1S/C21H32O3/c1-13(22)21(24)18(23)12-17-15-8-7-14-6-4-5-10-19(14,2)16(15)9-11-20(17,21)3/h12,14-17,23-24H,4-11H2,1-3H3/t14?,15-,16+,17+,19+,20+,21-/m1/s1. The number of Topliss-reactive ketones (excluding diaryl/α,β-unsaturated/α-hetero) is 1. The second kappa shape index (κ2) is 5.09. The van der Waals surface area contributed by atoms with Gasteiger partial charge in [0.25, 0.3) is 0 Å². The van der Waals surface area contributed by atoms with E-state index in [0.717, 1.165) is 18.8 Å². The fourth-order valence-corrected chi connectivity index (χ4v) is 7.44. The van der Waals surface area contributed by atoms with Crippen LogP contribution >= 0.6 is 0 Å². The molecule has 4 aliphatic carbocycles. The molecule has 0 aliphatic heterocycles. The smallest absolute Gasteiger partial charge is 0.184 e. The number of carbonyl (C=O) groups is 1. The number of carbonyl (C=O) groups excluding carboxylic acids is 1. The second-order valence-electron chi connectivity index (χ2n) is 9.60. The molecule has 0 radical (unpaired) electrons. The minimum absolute atomic E-state index is 0.0842. The van der Waals surface area contributed by atoms with Gasteiger partial charge in [0.1, 0.15) is 5.76 Å². The molecule has 0 aromatic carbocycles. The Morgan fingerprint density at radius 3 is 2.58 bits per heavy atom. The average molecular weight is 332 g/mol. The molecule has 0 bridgehead atoms. The summed E-state index contributed by atoms with van der Waals surface area (Å²) in [5.41, 5.74) is -1.79. The van der Waals surface area contributed by atoms with Gasteiger partial charge in [-0.2, -0.15) is 0 Å². The van der Waals surface area contributed by atoms with Crippen LogP contribution in [0.1, 0.15) is 72.1 Å². The van der Waals surface area contributed by atoms with Crippen molar-refractivity contribution in [2.75, 3.05) is 0 Å². The van der Waals surface area contributed by atoms with Crippen LogP contribution in [0.15, 0.2) is 11.8 Å². The van der Waals surface area contributed by atoms with Crippen molar-refractivity contribution in [1.82, 2.24) is 0 Å². The maximum absolute atomic E-state index is 12.2. The molecule has 3 nitrogen and oxygen atoms in total. The van der Waals surface area contributed by atoms with Gasteiger partial charge in [-0.05, 0) is 80.6 Å². The van der Waals surface area contributed by atoms with Crippen molar-refractivity contribution >= 4 is 5.78 Å². The molecule has 0 heterocycles. The molecule has 7 atom stereocenters. The molecular formula is C21H32O3. The summed E-state index contributed by atoms with van der Waals surface area (Å²) in [4.78, 5) is 12.2.